The van der Waals surface area contributed by atoms with Crippen molar-refractivity contribution < 1.29 is 4.92 Å². The Hall–Kier alpha value is -1.54. The predicted molar refractivity (Wildman–Crippen MR) is 82.1 cm³/mol. The molecule has 0 aliphatic rings. The average Bonchev–Trinajstić information content (AvgIpc) is 2.94. The minimum atomic E-state index is -0.436. The van der Waals surface area contributed by atoms with E-state index in [9.17, 15) is 10.1 Å². The van der Waals surface area contributed by atoms with Crippen molar-refractivity contribution in [3.63, 3.8) is 0 Å². The number of thiazole rings is 1. The molecule has 20 heavy (non-hydrogen) atoms. The Bertz CT molecular complexity index is 618. The number of pyridine rings is 1. The van der Waals surface area contributed by atoms with Gasteiger partial charge in [0.1, 0.15) is 17.0 Å². The van der Waals surface area contributed by atoms with Crippen LogP contribution in [0.15, 0.2) is 22.2 Å². The Balaban J connectivity index is 2.30. The van der Waals surface area contributed by atoms with E-state index in [4.69, 9.17) is 0 Å². The first-order chi connectivity index (χ1) is 9.54. The lowest BCUT2D eigenvalue weighted by atomic mass is 10.2. The Morgan fingerprint density at radius 2 is 2.30 bits per heavy atom. The van der Waals surface area contributed by atoms with E-state index in [0.717, 1.165) is 11.4 Å². The van der Waals surface area contributed by atoms with E-state index in [1.165, 1.54) is 6.20 Å². The molecular formula is C12H13BrN4O2S. The maximum atomic E-state index is 10.9. The third-order valence-electron chi connectivity index (χ3n) is 2.90. The standard InChI is InChI=1S/C12H13BrN4O2S/c1-3-8(12-14-4-5-20-12)16-11-10(13)7(2)9(6-15-11)17(18)19/h4-6,8H,3H2,1-2H3,(H,15,16). The summed E-state index contributed by atoms with van der Waals surface area (Å²) in [5.74, 6) is 0.593. The first kappa shape index (κ1) is 14.9. The molecule has 2 aromatic heterocycles. The number of hydrogen-bond acceptors (Lipinski definition) is 6. The second-order valence-corrected chi connectivity index (χ2v) is 5.88. The lowest BCUT2D eigenvalue weighted by Crippen LogP contribution is -2.11. The summed E-state index contributed by atoms with van der Waals surface area (Å²) >= 11 is 4.94. The fourth-order valence-electron chi connectivity index (χ4n) is 1.76. The van der Waals surface area contributed by atoms with E-state index < -0.39 is 4.92 Å². The molecule has 2 aromatic rings. The highest BCUT2D eigenvalue weighted by atomic mass is 79.9. The molecule has 0 saturated heterocycles. The van der Waals surface area contributed by atoms with Crippen LogP contribution in [0.2, 0.25) is 0 Å². The van der Waals surface area contributed by atoms with Gasteiger partial charge in [0.05, 0.1) is 15.4 Å². The maximum Gasteiger partial charge on any atom is 0.291 e. The van der Waals surface area contributed by atoms with Crippen LogP contribution in [-0.2, 0) is 0 Å². The average molecular weight is 357 g/mol. The normalized spacial score (nSPS) is 12.2. The largest absolute Gasteiger partial charge is 0.360 e. The molecule has 0 fully saturated rings. The van der Waals surface area contributed by atoms with Crippen LogP contribution in [0.4, 0.5) is 11.5 Å². The molecule has 2 heterocycles. The summed E-state index contributed by atoms with van der Waals surface area (Å²) in [7, 11) is 0. The SMILES string of the molecule is CCC(Nc1ncc([N+](=O)[O-])c(C)c1Br)c1nccs1. The molecule has 2 rings (SSSR count). The van der Waals surface area contributed by atoms with Gasteiger partial charge in [-0.3, -0.25) is 10.1 Å². The molecule has 1 atom stereocenters. The molecule has 8 heteroatoms. The first-order valence-electron chi connectivity index (χ1n) is 6.00. The number of nitrogens with one attached hydrogen (secondary N) is 1. The van der Waals surface area contributed by atoms with Crippen LogP contribution in [0.3, 0.4) is 0 Å². The van der Waals surface area contributed by atoms with E-state index >= 15 is 0 Å². The molecule has 1 unspecified atom stereocenters. The molecule has 0 saturated carbocycles. The predicted octanol–water partition coefficient (Wildman–Crippen LogP) is 4.08. The minimum Gasteiger partial charge on any atom is -0.360 e. The monoisotopic (exact) mass is 356 g/mol. The van der Waals surface area contributed by atoms with Gasteiger partial charge < -0.3 is 5.32 Å². The lowest BCUT2D eigenvalue weighted by molar-refractivity contribution is -0.385. The van der Waals surface area contributed by atoms with Crippen LogP contribution in [-0.4, -0.2) is 14.9 Å². The second kappa shape index (κ2) is 6.27. The highest BCUT2D eigenvalue weighted by Gasteiger charge is 2.20. The van der Waals surface area contributed by atoms with Gasteiger partial charge in [0.2, 0.25) is 0 Å². The quantitative estimate of drug-likeness (QED) is 0.644. The van der Waals surface area contributed by atoms with Gasteiger partial charge in [0.15, 0.2) is 0 Å². The molecule has 0 radical (unpaired) electrons. The number of anilines is 1. The summed E-state index contributed by atoms with van der Waals surface area (Å²) in [4.78, 5) is 18.9. The summed E-state index contributed by atoms with van der Waals surface area (Å²) in [6.07, 6.45) is 3.88. The Kier molecular flexibility index (Phi) is 4.66. The van der Waals surface area contributed by atoms with Crippen LogP contribution in [0.5, 0.6) is 0 Å². The molecule has 6 nitrogen and oxygen atoms in total. The highest BCUT2D eigenvalue weighted by Crippen LogP contribution is 2.33. The van der Waals surface area contributed by atoms with Crippen molar-refractivity contribution in [2.75, 3.05) is 5.32 Å². The Morgan fingerprint density at radius 3 is 2.85 bits per heavy atom. The van der Waals surface area contributed by atoms with E-state index in [1.54, 1.807) is 24.5 Å². The molecule has 1 N–H and O–H groups in total. The van der Waals surface area contributed by atoms with Crippen LogP contribution < -0.4 is 5.32 Å². The topological polar surface area (TPSA) is 81.0 Å². The number of halogens is 1. The van der Waals surface area contributed by atoms with E-state index in [-0.39, 0.29) is 11.7 Å². The van der Waals surface area contributed by atoms with Gasteiger partial charge in [-0.2, -0.15) is 0 Å². The fourth-order valence-corrected chi connectivity index (χ4v) is 2.96. The van der Waals surface area contributed by atoms with Crippen LogP contribution in [0.25, 0.3) is 0 Å². The first-order valence-corrected chi connectivity index (χ1v) is 7.67. The summed E-state index contributed by atoms with van der Waals surface area (Å²) in [5.41, 5.74) is 0.561. The number of hydrogen-bond donors (Lipinski definition) is 1. The van der Waals surface area contributed by atoms with Crippen molar-refractivity contribution in [1.82, 2.24) is 9.97 Å². The van der Waals surface area contributed by atoms with Gasteiger partial charge in [-0.05, 0) is 29.3 Å². The number of rotatable bonds is 5. The van der Waals surface area contributed by atoms with Gasteiger partial charge in [-0.1, -0.05) is 6.92 Å². The third-order valence-corrected chi connectivity index (χ3v) is 4.76. The van der Waals surface area contributed by atoms with Gasteiger partial charge in [-0.15, -0.1) is 11.3 Å². The zero-order valence-electron chi connectivity index (χ0n) is 11.0. The summed E-state index contributed by atoms with van der Waals surface area (Å²) in [5, 5.41) is 17.0. The van der Waals surface area contributed by atoms with Crippen molar-refractivity contribution in [2.45, 2.75) is 26.3 Å². The Morgan fingerprint density at radius 1 is 1.55 bits per heavy atom. The molecule has 0 aromatic carbocycles. The summed E-state index contributed by atoms with van der Waals surface area (Å²) < 4.78 is 0.613. The van der Waals surface area contributed by atoms with Crippen LogP contribution in [0, 0.1) is 17.0 Å². The third kappa shape index (κ3) is 2.96. The van der Waals surface area contributed by atoms with Gasteiger partial charge in [-0.25, -0.2) is 9.97 Å². The van der Waals surface area contributed by atoms with Crippen molar-refractivity contribution in [3.05, 3.63) is 42.9 Å². The van der Waals surface area contributed by atoms with Gasteiger partial charge >= 0.3 is 0 Å². The van der Waals surface area contributed by atoms with Gasteiger partial charge in [0, 0.05) is 17.1 Å². The fraction of sp³-hybridized carbons (Fsp3) is 0.333. The number of aromatic nitrogens is 2. The number of nitro groups is 1. The van der Waals surface area contributed by atoms with Crippen molar-refractivity contribution in [1.29, 1.82) is 0 Å². The van der Waals surface area contributed by atoms with E-state index in [0.29, 0.717) is 15.9 Å². The zero-order chi connectivity index (χ0) is 14.7. The maximum absolute atomic E-state index is 10.9. The lowest BCUT2D eigenvalue weighted by Gasteiger charge is -2.16. The van der Waals surface area contributed by atoms with Crippen molar-refractivity contribution in [2.24, 2.45) is 0 Å². The Labute approximate surface area is 128 Å². The second-order valence-electron chi connectivity index (χ2n) is 4.16. The minimum absolute atomic E-state index is 0.00437. The zero-order valence-corrected chi connectivity index (χ0v) is 13.4. The summed E-state index contributed by atoms with van der Waals surface area (Å²) in [6.45, 7) is 3.74. The van der Waals surface area contributed by atoms with E-state index in [1.807, 2.05) is 12.3 Å². The van der Waals surface area contributed by atoms with Crippen molar-refractivity contribution in [3.8, 4) is 0 Å². The molecule has 106 valence electrons. The molecular weight excluding hydrogens is 344 g/mol. The van der Waals surface area contributed by atoms with E-state index in [2.05, 4.69) is 31.2 Å². The molecule has 0 spiro atoms. The smallest absolute Gasteiger partial charge is 0.291 e. The van der Waals surface area contributed by atoms with Gasteiger partial charge in [0.25, 0.3) is 5.69 Å². The summed E-state index contributed by atoms with van der Waals surface area (Å²) in [6, 6.07) is 0.0413. The van der Waals surface area contributed by atoms with Crippen molar-refractivity contribution >= 4 is 38.8 Å². The van der Waals surface area contributed by atoms with Crippen LogP contribution in [0.1, 0.15) is 30.0 Å². The molecule has 0 amide bonds. The molecule has 0 aliphatic carbocycles. The number of nitrogens with zero attached hydrogens (tertiary/aromatic N) is 3. The molecule has 0 aliphatic heterocycles. The van der Waals surface area contributed by atoms with Crippen LogP contribution >= 0.6 is 27.3 Å². The molecule has 0 bridgehead atoms. The highest BCUT2D eigenvalue weighted by molar-refractivity contribution is 9.10.